The molecule has 0 atom stereocenters. The Kier molecular flexibility index (Phi) is 6.09. The molecule has 1 N–H and O–H groups in total. The molecule has 0 bridgehead atoms. The average molecular weight is 463 g/mol. The minimum Gasteiger partial charge on any atom is -0.480 e. The van der Waals surface area contributed by atoms with Gasteiger partial charge in [0.25, 0.3) is 11.7 Å². The fourth-order valence-electron chi connectivity index (χ4n) is 4.14. The number of ether oxygens (including phenoxy) is 1. The molecule has 0 unspecified atom stereocenters. The van der Waals surface area contributed by atoms with Crippen molar-refractivity contribution >= 4 is 22.7 Å². The molecule has 10 heteroatoms. The van der Waals surface area contributed by atoms with Crippen LogP contribution < -0.4 is 4.74 Å². The summed E-state index contributed by atoms with van der Waals surface area (Å²) in [6.45, 7) is 0.903. The number of likely N-dealkylation sites (tertiary alicyclic amines) is 1. The van der Waals surface area contributed by atoms with Crippen molar-refractivity contribution < 1.29 is 31.9 Å². The second-order valence-corrected chi connectivity index (χ2v) is 8.04. The van der Waals surface area contributed by atoms with Gasteiger partial charge in [0.15, 0.2) is 0 Å². The molecule has 0 saturated carbocycles. The van der Waals surface area contributed by atoms with Crippen molar-refractivity contribution in [1.82, 2.24) is 14.9 Å². The van der Waals surface area contributed by atoms with E-state index in [-0.39, 0.29) is 28.3 Å². The summed E-state index contributed by atoms with van der Waals surface area (Å²) in [5.74, 6) is -2.44. The average Bonchev–Trinajstić information content (AvgIpc) is 3.21. The number of methoxy groups -OCH3 is 1. The SMILES string of the molecule is COc1nc2[nH]cc(C(=O)C(F)(F)F)c2cc1C(=O)N1CCC(Cc2ccc(F)cc2)CC1. The monoisotopic (exact) mass is 463 g/mol. The van der Waals surface area contributed by atoms with Crippen LogP contribution in [-0.2, 0) is 6.42 Å². The van der Waals surface area contributed by atoms with Crippen LogP contribution in [0.3, 0.4) is 0 Å². The number of piperidine rings is 1. The van der Waals surface area contributed by atoms with Gasteiger partial charge < -0.3 is 14.6 Å². The molecule has 4 rings (SSSR count). The molecule has 0 aliphatic carbocycles. The summed E-state index contributed by atoms with van der Waals surface area (Å²) in [4.78, 5) is 33.2. The Labute approximate surface area is 186 Å². The number of nitrogens with zero attached hydrogens (tertiary/aromatic N) is 2. The van der Waals surface area contributed by atoms with Gasteiger partial charge in [-0.2, -0.15) is 18.2 Å². The number of Topliss-reactive ketones (excluding diaryl/α,β-unsaturated/α-hetero) is 1. The number of H-pyrrole nitrogens is 1. The Morgan fingerprint density at radius 2 is 1.82 bits per heavy atom. The highest BCUT2D eigenvalue weighted by Gasteiger charge is 2.41. The topological polar surface area (TPSA) is 75.3 Å². The standard InChI is InChI=1S/C23H21F4N3O3/c1-33-21-17(11-16-18(12-28-20(16)29-21)19(31)23(25,26)27)22(32)30-8-6-14(7-9-30)10-13-2-4-15(24)5-3-13/h2-5,11-12,14H,6-10H2,1H3,(H,28,29). The lowest BCUT2D eigenvalue weighted by Gasteiger charge is -2.32. The van der Waals surface area contributed by atoms with Crippen LogP contribution in [0.25, 0.3) is 11.0 Å². The predicted molar refractivity (Wildman–Crippen MR) is 112 cm³/mol. The number of nitrogens with one attached hydrogen (secondary N) is 1. The first-order chi connectivity index (χ1) is 15.7. The van der Waals surface area contributed by atoms with Crippen molar-refractivity contribution in [1.29, 1.82) is 0 Å². The van der Waals surface area contributed by atoms with E-state index in [2.05, 4.69) is 9.97 Å². The molecule has 33 heavy (non-hydrogen) atoms. The van der Waals surface area contributed by atoms with E-state index in [1.165, 1.54) is 25.3 Å². The van der Waals surface area contributed by atoms with Crippen molar-refractivity contribution in [2.24, 2.45) is 5.92 Å². The molecule has 1 aliphatic heterocycles. The summed E-state index contributed by atoms with van der Waals surface area (Å²) in [5, 5.41) is -0.0901. The third-order valence-corrected chi connectivity index (χ3v) is 5.90. The molecule has 1 aliphatic rings. The van der Waals surface area contributed by atoms with Crippen LogP contribution in [0.5, 0.6) is 5.88 Å². The number of benzene rings is 1. The van der Waals surface area contributed by atoms with Crippen molar-refractivity contribution in [3.05, 3.63) is 59.0 Å². The van der Waals surface area contributed by atoms with Gasteiger partial charge in [-0.15, -0.1) is 0 Å². The van der Waals surface area contributed by atoms with Crippen LogP contribution in [0.4, 0.5) is 17.6 Å². The number of fused-ring (bicyclic) bond motifs is 1. The lowest BCUT2D eigenvalue weighted by Crippen LogP contribution is -2.39. The third kappa shape index (κ3) is 4.69. The van der Waals surface area contributed by atoms with Crippen molar-refractivity contribution in [3.8, 4) is 5.88 Å². The summed E-state index contributed by atoms with van der Waals surface area (Å²) in [6.07, 6.45) is -1.90. The molecule has 2 aromatic heterocycles. The van der Waals surface area contributed by atoms with E-state index in [9.17, 15) is 27.2 Å². The summed E-state index contributed by atoms with van der Waals surface area (Å²) < 4.78 is 57.1. The Balaban J connectivity index is 1.52. The van der Waals surface area contributed by atoms with Gasteiger partial charge in [0.2, 0.25) is 5.88 Å². The Bertz CT molecular complexity index is 1180. The van der Waals surface area contributed by atoms with E-state index in [0.29, 0.717) is 19.0 Å². The smallest absolute Gasteiger partial charge is 0.454 e. The zero-order chi connectivity index (χ0) is 23.8. The number of pyridine rings is 1. The maximum absolute atomic E-state index is 13.2. The predicted octanol–water partition coefficient (Wildman–Crippen LogP) is 4.55. The highest BCUT2D eigenvalue weighted by molar-refractivity contribution is 6.11. The van der Waals surface area contributed by atoms with Crippen molar-refractivity contribution in [2.75, 3.05) is 20.2 Å². The van der Waals surface area contributed by atoms with Crippen LogP contribution in [0.15, 0.2) is 36.5 Å². The highest BCUT2D eigenvalue weighted by atomic mass is 19.4. The van der Waals surface area contributed by atoms with Gasteiger partial charge in [0.05, 0.1) is 12.7 Å². The fourth-order valence-corrected chi connectivity index (χ4v) is 4.14. The van der Waals surface area contributed by atoms with E-state index in [1.54, 1.807) is 17.0 Å². The normalized spacial score (nSPS) is 15.1. The second-order valence-electron chi connectivity index (χ2n) is 8.04. The number of carbonyl (C=O) groups excluding carboxylic acids is 2. The minimum atomic E-state index is -5.05. The van der Waals surface area contributed by atoms with Crippen molar-refractivity contribution in [3.63, 3.8) is 0 Å². The fraction of sp³-hybridized carbons (Fsp3) is 0.348. The summed E-state index contributed by atoms with van der Waals surface area (Å²) >= 11 is 0. The quantitative estimate of drug-likeness (QED) is 0.445. The largest absolute Gasteiger partial charge is 0.480 e. The van der Waals surface area contributed by atoms with Crippen LogP contribution >= 0.6 is 0 Å². The van der Waals surface area contributed by atoms with E-state index >= 15 is 0 Å². The van der Waals surface area contributed by atoms with Gasteiger partial charge in [-0.25, -0.2) is 4.39 Å². The van der Waals surface area contributed by atoms with Gasteiger partial charge in [-0.3, -0.25) is 9.59 Å². The maximum Gasteiger partial charge on any atom is 0.454 e. The molecule has 174 valence electrons. The van der Waals surface area contributed by atoms with Crippen LogP contribution in [-0.4, -0.2) is 52.9 Å². The van der Waals surface area contributed by atoms with Crippen molar-refractivity contribution in [2.45, 2.75) is 25.4 Å². The Morgan fingerprint density at radius 1 is 1.15 bits per heavy atom. The van der Waals surface area contributed by atoms with Crippen LogP contribution in [0.1, 0.15) is 39.1 Å². The zero-order valence-electron chi connectivity index (χ0n) is 17.7. The molecule has 1 amide bonds. The van der Waals surface area contributed by atoms with Crippen LogP contribution in [0.2, 0.25) is 0 Å². The zero-order valence-corrected chi connectivity index (χ0v) is 17.7. The van der Waals surface area contributed by atoms with Gasteiger partial charge in [0.1, 0.15) is 17.0 Å². The number of halogens is 4. The molecule has 6 nitrogen and oxygen atoms in total. The molecule has 1 aromatic carbocycles. The number of aromatic nitrogens is 2. The molecule has 1 saturated heterocycles. The number of carbonyl (C=O) groups is 2. The number of hydrogen-bond donors (Lipinski definition) is 1. The van der Waals surface area contributed by atoms with E-state index in [4.69, 9.17) is 4.74 Å². The van der Waals surface area contributed by atoms with Gasteiger partial charge >= 0.3 is 6.18 Å². The number of amides is 1. The summed E-state index contributed by atoms with van der Waals surface area (Å²) in [7, 11) is 1.31. The Morgan fingerprint density at radius 3 is 2.42 bits per heavy atom. The van der Waals surface area contributed by atoms with Gasteiger partial charge in [0, 0.05) is 24.7 Å². The molecule has 0 spiro atoms. The van der Waals surface area contributed by atoms with Crippen LogP contribution in [0, 0.1) is 11.7 Å². The highest BCUT2D eigenvalue weighted by Crippen LogP contribution is 2.31. The summed E-state index contributed by atoms with van der Waals surface area (Å²) in [5.41, 5.74) is 0.443. The first-order valence-electron chi connectivity index (χ1n) is 10.4. The van der Waals surface area contributed by atoms with Gasteiger partial charge in [-0.05, 0) is 48.9 Å². The lowest BCUT2D eigenvalue weighted by molar-refractivity contribution is -0.0884. The number of hydrogen-bond acceptors (Lipinski definition) is 4. The second kappa shape index (κ2) is 8.84. The first kappa shape index (κ1) is 22.8. The van der Waals surface area contributed by atoms with E-state index < -0.39 is 23.4 Å². The first-order valence-corrected chi connectivity index (χ1v) is 10.4. The molecule has 3 heterocycles. The molecular weight excluding hydrogens is 442 g/mol. The number of alkyl halides is 3. The molecule has 0 radical (unpaired) electrons. The molecule has 1 fully saturated rings. The lowest BCUT2D eigenvalue weighted by atomic mass is 9.90. The third-order valence-electron chi connectivity index (χ3n) is 5.90. The Hall–Kier alpha value is -3.43. The summed E-state index contributed by atoms with van der Waals surface area (Å²) in [6, 6.07) is 7.55. The van der Waals surface area contributed by atoms with E-state index in [1.807, 2.05) is 0 Å². The molecule has 3 aromatic rings. The minimum absolute atomic E-state index is 0.00203. The number of aromatic amines is 1. The van der Waals surface area contributed by atoms with E-state index in [0.717, 1.165) is 31.0 Å². The molecular formula is C23H21F4N3O3. The maximum atomic E-state index is 13.2. The number of rotatable bonds is 5. The van der Waals surface area contributed by atoms with Gasteiger partial charge in [-0.1, -0.05) is 12.1 Å². The number of ketones is 1.